The Kier molecular flexibility index (Phi) is 7.57. The van der Waals surface area contributed by atoms with E-state index in [2.05, 4.69) is 51.0 Å². The second-order valence-corrected chi connectivity index (χ2v) is 4.61. The lowest BCUT2D eigenvalue weighted by molar-refractivity contribution is 0.569. The van der Waals surface area contributed by atoms with Crippen molar-refractivity contribution in [2.24, 2.45) is 5.41 Å². The van der Waals surface area contributed by atoms with Crippen LogP contribution in [0.2, 0.25) is 0 Å². The number of allylic oxidation sites excluding steroid dienone is 1. The first-order valence-corrected chi connectivity index (χ1v) is 5.63. The molecule has 0 spiro atoms. The smallest absolute Gasteiger partial charge is 0.0267 e. The zero-order chi connectivity index (χ0) is 11.6. The first kappa shape index (κ1) is 13.9. The Morgan fingerprint density at radius 2 is 1.60 bits per heavy atom. The predicted octanol–water partition coefficient (Wildman–Crippen LogP) is 4.18. The minimum atomic E-state index is 0.143. The van der Waals surface area contributed by atoms with Gasteiger partial charge in [0.05, 0.1) is 0 Å². The third-order valence-electron chi connectivity index (χ3n) is 1.69. The van der Waals surface area contributed by atoms with Gasteiger partial charge in [-0.2, -0.15) is 0 Å². The summed E-state index contributed by atoms with van der Waals surface area (Å²) in [5.41, 5.74) is 0.143. The minimum Gasteiger partial charge on any atom is -0.103 e. The van der Waals surface area contributed by atoms with Gasteiger partial charge in [0.1, 0.15) is 0 Å². The topological polar surface area (TPSA) is 0 Å². The summed E-state index contributed by atoms with van der Waals surface area (Å²) in [6.45, 7) is 10.0. The van der Waals surface area contributed by atoms with E-state index in [1.54, 1.807) is 0 Å². The molecule has 0 amide bonds. The third-order valence-corrected chi connectivity index (χ3v) is 1.69. The molecule has 0 heteroatoms. The van der Waals surface area contributed by atoms with E-state index in [0.29, 0.717) is 0 Å². The van der Waals surface area contributed by atoms with Crippen LogP contribution in [0.1, 0.15) is 52.9 Å². The zero-order valence-electron chi connectivity index (χ0n) is 10.3. The van der Waals surface area contributed by atoms with Gasteiger partial charge in [-0.05, 0) is 33.6 Å². The molecule has 0 heterocycles. The summed E-state index contributed by atoms with van der Waals surface area (Å²) in [5, 5.41) is 0. The normalized spacial score (nSPS) is 9.53. The van der Waals surface area contributed by atoms with Crippen LogP contribution in [0, 0.1) is 29.1 Å². The monoisotopic (exact) mass is 202 g/mol. The molecule has 0 aliphatic heterocycles. The molecule has 82 valence electrons. The van der Waals surface area contributed by atoms with Crippen LogP contribution >= 0.6 is 0 Å². The molecule has 0 bridgehead atoms. The molecule has 0 aromatic heterocycles. The van der Waals surface area contributed by atoms with Gasteiger partial charge in [-0.25, -0.2) is 0 Å². The van der Waals surface area contributed by atoms with Crippen molar-refractivity contribution >= 4 is 0 Å². The lowest BCUT2D eigenvalue weighted by Gasteiger charge is -2.06. The second kappa shape index (κ2) is 8.19. The van der Waals surface area contributed by atoms with Gasteiger partial charge < -0.3 is 0 Å². The van der Waals surface area contributed by atoms with Crippen LogP contribution in [-0.2, 0) is 0 Å². The highest BCUT2D eigenvalue weighted by Crippen LogP contribution is 2.10. The molecule has 0 aliphatic rings. The molecule has 0 aromatic rings. The fourth-order valence-electron chi connectivity index (χ4n) is 0.987. The lowest BCUT2D eigenvalue weighted by Crippen LogP contribution is -1.98. The summed E-state index contributed by atoms with van der Waals surface area (Å²) in [6, 6.07) is 0. The van der Waals surface area contributed by atoms with E-state index in [1.807, 2.05) is 6.08 Å². The Morgan fingerprint density at radius 3 is 2.13 bits per heavy atom. The van der Waals surface area contributed by atoms with Crippen molar-refractivity contribution in [3.63, 3.8) is 0 Å². The molecule has 0 aliphatic carbocycles. The number of unbranched alkanes of at least 4 members (excludes halogenated alkanes) is 3. The van der Waals surface area contributed by atoms with Crippen LogP contribution in [0.5, 0.6) is 0 Å². The highest BCUT2D eigenvalue weighted by atomic mass is 14.1. The molecule has 0 atom stereocenters. The Hall–Kier alpha value is -1.14. The maximum absolute atomic E-state index is 3.62. The van der Waals surface area contributed by atoms with Gasteiger partial charge in [-0.15, -0.1) is 18.4 Å². The highest BCUT2D eigenvalue weighted by molar-refractivity contribution is 5.07. The van der Waals surface area contributed by atoms with Crippen molar-refractivity contribution in [1.82, 2.24) is 0 Å². The molecule has 0 fully saturated rings. The first-order valence-electron chi connectivity index (χ1n) is 5.63. The lowest BCUT2D eigenvalue weighted by atomic mass is 9.98. The van der Waals surface area contributed by atoms with Gasteiger partial charge in [-0.3, -0.25) is 0 Å². The maximum atomic E-state index is 3.62. The van der Waals surface area contributed by atoms with E-state index in [1.165, 1.54) is 0 Å². The Morgan fingerprint density at radius 1 is 1.00 bits per heavy atom. The molecule has 15 heavy (non-hydrogen) atoms. The predicted molar refractivity (Wildman–Crippen MR) is 68.3 cm³/mol. The number of hydrogen-bond donors (Lipinski definition) is 0. The molecular weight excluding hydrogens is 180 g/mol. The van der Waals surface area contributed by atoms with Crippen LogP contribution in [0.3, 0.4) is 0 Å². The van der Waals surface area contributed by atoms with Crippen molar-refractivity contribution in [2.45, 2.75) is 52.9 Å². The average molecular weight is 202 g/mol. The van der Waals surface area contributed by atoms with Crippen molar-refractivity contribution in [3.05, 3.63) is 12.7 Å². The Bertz CT molecular complexity index is 280. The van der Waals surface area contributed by atoms with Gasteiger partial charge in [0, 0.05) is 24.7 Å². The van der Waals surface area contributed by atoms with Crippen LogP contribution in [0.4, 0.5) is 0 Å². The summed E-state index contributed by atoms with van der Waals surface area (Å²) < 4.78 is 0. The van der Waals surface area contributed by atoms with Gasteiger partial charge in [0.2, 0.25) is 0 Å². The van der Waals surface area contributed by atoms with Gasteiger partial charge in [0.15, 0.2) is 0 Å². The SMILES string of the molecule is C=CCC#CCCCCC#CC(C)(C)C. The number of hydrogen-bond acceptors (Lipinski definition) is 0. The molecule has 0 rings (SSSR count). The second-order valence-electron chi connectivity index (χ2n) is 4.61. The van der Waals surface area contributed by atoms with E-state index in [-0.39, 0.29) is 5.41 Å². The molecule has 0 aromatic carbocycles. The minimum absolute atomic E-state index is 0.143. The highest BCUT2D eigenvalue weighted by Gasteiger charge is 2.02. The molecule has 0 nitrogen and oxygen atoms in total. The summed E-state index contributed by atoms with van der Waals surface area (Å²) in [4.78, 5) is 0. The van der Waals surface area contributed by atoms with Gasteiger partial charge in [-0.1, -0.05) is 17.9 Å². The molecule has 0 radical (unpaired) electrons. The molecule has 0 saturated carbocycles. The summed E-state index contributed by atoms with van der Waals surface area (Å²) in [6.07, 6.45) is 6.95. The zero-order valence-corrected chi connectivity index (χ0v) is 10.3. The molecular formula is C15H22. The van der Waals surface area contributed by atoms with E-state index in [9.17, 15) is 0 Å². The van der Waals surface area contributed by atoms with E-state index < -0.39 is 0 Å². The Balaban J connectivity index is 3.44. The Labute approximate surface area is 95.2 Å². The molecule has 0 unspecified atom stereocenters. The number of rotatable bonds is 4. The van der Waals surface area contributed by atoms with Crippen LogP contribution in [0.15, 0.2) is 12.7 Å². The largest absolute Gasteiger partial charge is 0.103 e. The molecule has 0 N–H and O–H groups in total. The van der Waals surface area contributed by atoms with Gasteiger partial charge in [0.25, 0.3) is 0 Å². The van der Waals surface area contributed by atoms with Crippen molar-refractivity contribution in [1.29, 1.82) is 0 Å². The standard InChI is InChI=1S/C15H22/c1-5-6-7-8-9-10-11-12-13-14-15(2,3)4/h5H,1,6,9-12H2,2-4H3. The van der Waals surface area contributed by atoms with Crippen LogP contribution in [0.25, 0.3) is 0 Å². The van der Waals surface area contributed by atoms with Crippen molar-refractivity contribution in [2.75, 3.05) is 0 Å². The average Bonchev–Trinajstić information content (AvgIpc) is 2.14. The summed E-state index contributed by atoms with van der Waals surface area (Å²) in [7, 11) is 0. The van der Waals surface area contributed by atoms with E-state index in [4.69, 9.17) is 0 Å². The maximum Gasteiger partial charge on any atom is 0.0267 e. The van der Waals surface area contributed by atoms with E-state index >= 15 is 0 Å². The van der Waals surface area contributed by atoms with Crippen LogP contribution in [-0.4, -0.2) is 0 Å². The van der Waals surface area contributed by atoms with Crippen molar-refractivity contribution in [3.8, 4) is 23.7 Å². The summed E-state index contributed by atoms with van der Waals surface area (Å²) in [5.74, 6) is 12.6. The van der Waals surface area contributed by atoms with Crippen molar-refractivity contribution < 1.29 is 0 Å². The fraction of sp³-hybridized carbons (Fsp3) is 0.600. The van der Waals surface area contributed by atoms with E-state index in [0.717, 1.165) is 32.1 Å². The fourth-order valence-corrected chi connectivity index (χ4v) is 0.987. The van der Waals surface area contributed by atoms with Gasteiger partial charge >= 0.3 is 0 Å². The summed E-state index contributed by atoms with van der Waals surface area (Å²) >= 11 is 0. The third kappa shape index (κ3) is 12.9. The first-order chi connectivity index (χ1) is 7.06. The quantitative estimate of drug-likeness (QED) is 0.364. The molecule has 0 saturated heterocycles. The van der Waals surface area contributed by atoms with Crippen LogP contribution < -0.4 is 0 Å².